The van der Waals surface area contributed by atoms with Crippen molar-refractivity contribution in [2.45, 2.75) is 18.6 Å². The van der Waals surface area contributed by atoms with Crippen molar-refractivity contribution in [2.75, 3.05) is 25.1 Å². The Morgan fingerprint density at radius 3 is 2.67 bits per heavy atom. The second-order valence-corrected chi connectivity index (χ2v) is 8.23. The van der Waals surface area contributed by atoms with E-state index in [1.54, 1.807) is 25.3 Å². The highest BCUT2D eigenvalue weighted by Gasteiger charge is 2.37. The summed E-state index contributed by atoms with van der Waals surface area (Å²) in [5.74, 6) is 7.41. The standard InChI is InChI=1S/C20H17Cl2N5O2S/c1-29-20(8-7-13-14(21)3-2-4-15(13)22)9-10-27(12-20)18-6-5-16(24-25-18)19-23-17(11-28)26-30-19/h2-6,28H,9-12H2,1H3. The summed E-state index contributed by atoms with van der Waals surface area (Å²) in [6.07, 6.45) is 0.707. The van der Waals surface area contributed by atoms with Gasteiger partial charge in [-0.05, 0) is 35.8 Å². The molecule has 2 aromatic heterocycles. The van der Waals surface area contributed by atoms with Gasteiger partial charge >= 0.3 is 0 Å². The quantitative estimate of drug-likeness (QED) is 0.595. The average molecular weight is 462 g/mol. The Hall–Kier alpha value is -2.28. The van der Waals surface area contributed by atoms with Crippen LogP contribution in [0.1, 0.15) is 17.8 Å². The van der Waals surface area contributed by atoms with Crippen LogP contribution >= 0.6 is 34.7 Å². The molecular weight excluding hydrogens is 445 g/mol. The Bertz CT molecular complexity index is 1090. The Balaban J connectivity index is 1.52. The van der Waals surface area contributed by atoms with Crippen LogP contribution in [0.25, 0.3) is 10.7 Å². The van der Waals surface area contributed by atoms with Crippen LogP contribution in [0.2, 0.25) is 10.0 Å². The topological polar surface area (TPSA) is 84.3 Å². The molecule has 30 heavy (non-hydrogen) atoms. The first-order valence-electron chi connectivity index (χ1n) is 9.08. The van der Waals surface area contributed by atoms with Gasteiger partial charge in [0, 0.05) is 20.1 Å². The van der Waals surface area contributed by atoms with Crippen LogP contribution in [0.3, 0.4) is 0 Å². The van der Waals surface area contributed by atoms with Crippen LogP contribution in [-0.2, 0) is 11.3 Å². The normalized spacial score (nSPS) is 18.3. The van der Waals surface area contributed by atoms with Gasteiger partial charge in [0.25, 0.3) is 0 Å². The van der Waals surface area contributed by atoms with Crippen LogP contribution in [-0.4, -0.2) is 50.5 Å². The predicted molar refractivity (Wildman–Crippen MR) is 117 cm³/mol. The molecule has 0 amide bonds. The monoisotopic (exact) mass is 461 g/mol. The number of hydrogen-bond donors (Lipinski definition) is 1. The van der Waals surface area contributed by atoms with Crippen molar-refractivity contribution in [3.63, 3.8) is 0 Å². The van der Waals surface area contributed by atoms with Crippen LogP contribution < -0.4 is 4.90 Å². The maximum Gasteiger partial charge on any atom is 0.168 e. The molecule has 1 atom stereocenters. The van der Waals surface area contributed by atoms with E-state index in [0.717, 1.165) is 12.4 Å². The summed E-state index contributed by atoms with van der Waals surface area (Å²) in [6.45, 7) is 1.07. The zero-order valence-corrected chi connectivity index (χ0v) is 18.3. The molecule has 154 valence electrons. The molecule has 0 bridgehead atoms. The van der Waals surface area contributed by atoms with Crippen molar-refractivity contribution in [1.29, 1.82) is 0 Å². The van der Waals surface area contributed by atoms with Crippen LogP contribution in [0.5, 0.6) is 0 Å². The first-order chi connectivity index (χ1) is 14.5. The number of benzene rings is 1. The van der Waals surface area contributed by atoms with Crippen molar-refractivity contribution in [2.24, 2.45) is 0 Å². The van der Waals surface area contributed by atoms with E-state index in [0.29, 0.717) is 45.1 Å². The van der Waals surface area contributed by atoms with Gasteiger partial charge < -0.3 is 14.7 Å². The molecule has 0 spiro atoms. The highest BCUT2D eigenvalue weighted by molar-refractivity contribution is 7.09. The Morgan fingerprint density at radius 2 is 2.03 bits per heavy atom. The fourth-order valence-electron chi connectivity index (χ4n) is 3.12. The van der Waals surface area contributed by atoms with E-state index in [1.165, 1.54) is 11.5 Å². The van der Waals surface area contributed by atoms with Gasteiger partial charge in [0.05, 0.1) is 22.2 Å². The maximum atomic E-state index is 9.11. The lowest BCUT2D eigenvalue weighted by molar-refractivity contribution is 0.0602. The number of halogens is 2. The maximum absolute atomic E-state index is 9.11. The average Bonchev–Trinajstić information content (AvgIpc) is 3.42. The lowest BCUT2D eigenvalue weighted by Gasteiger charge is -2.22. The number of ether oxygens (including phenoxy) is 1. The summed E-state index contributed by atoms with van der Waals surface area (Å²) in [5.41, 5.74) is 0.554. The first-order valence-corrected chi connectivity index (χ1v) is 10.6. The van der Waals surface area contributed by atoms with E-state index in [1.807, 2.05) is 12.1 Å². The number of rotatable bonds is 4. The minimum absolute atomic E-state index is 0.199. The molecule has 0 radical (unpaired) electrons. The molecular formula is C20H17Cl2N5O2S. The lowest BCUT2D eigenvalue weighted by Crippen LogP contribution is -2.34. The highest BCUT2D eigenvalue weighted by Crippen LogP contribution is 2.30. The van der Waals surface area contributed by atoms with Crippen LogP contribution in [0.15, 0.2) is 30.3 Å². The third-order valence-corrected chi connectivity index (χ3v) is 6.21. The van der Waals surface area contributed by atoms with E-state index in [9.17, 15) is 0 Å². The molecule has 1 fully saturated rings. The van der Waals surface area contributed by atoms with Gasteiger partial charge in [-0.25, -0.2) is 4.98 Å². The van der Waals surface area contributed by atoms with Crippen LogP contribution in [0, 0.1) is 11.8 Å². The van der Waals surface area contributed by atoms with E-state index in [-0.39, 0.29) is 6.61 Å². The molecule has 1 unspecified atom stereocenters. The third-order valence-electron chi connectivity index (χ3n) is 4.80. The zero-order chi connectivity index (χ0) is 21.1. The van der Waals surface area contributed by atoms with Gasteiger partial charge in [0.15, 0.2) is 16.6 Å². The molecule has 3 aromatic rings. The Labute approximate surface area is 187 Å². The summed E-state index contributed by atoms with van der Waals surface area (Å²) in [5, 5.41) is 19.3. The fraction of sp³-hybridized carbons (Fsp3) is 0.300. The number of methoxy groups -OCH3 is 1. The van der Waals surface area contributed by atoms with Gasteiger partial charge in [-0.2, -0.15) is 4.37 Å². The van der Waals surface area contributed by atoms with Gasteiger partial charge in [0.1, 0.15) is 17.9 Å². The second kappa shape index (κ2) is 8.84. The fourth-order valence-corrected chi connectivity index (χ4v) is 4.25. The van der Waals surface area contributed by atoms with Crippen molar-refractivity contribution < 1.29 is 9.84 Å². The molecule has 10 heteroatoms. The van der Waals surface area contributed by atoms with Gasteiger partial charge in [-0.15, -0.1) is 10.2 Å². The Kier molecular flexibility index (Phi) is 6.18. The molecule has 1 aromatic carbocycles. The number of aliphatic hydroxyl groups is 1. The number of anilines is 1. The summed E-state index contributed by atoms with van der Waals surface area (Å²) in [6, 6.07) is 9.03. The number of aromatic nitrogens is 4. The molecule has 3 heterocycles. The van der Waals surface area contributed by atoms with E-state index >= 15 is 0 Å². The Morgan fingerprint density at radius 1 is 1.23 bits per heavy atom. The molecule has 1 aliphatic heterocycles. The predicted octanol–water partition coefficient (Wildman–Crippen LogP) is 3.44. The molecule has 1 aliphatic rings. The lowest BCUT2D eigenvalue weighted by atomic mass is 10.0. The van der Waals surface area contributed by atoms with E-state index in [2.05, 4.69) is 36.3 Å². The first kappa shape index (κ1) is 21.0. The van der Waals surface area contributed by atoms with E-state index < -0.39 is 5.60 Å². The number of nitrogens with zero attached hydrogens (tertiary/aromatic N) is 5. The summed E-state index contributed by atoms with van der Waals surface area (Å²) < 4.78 is 9.82. The van der Waals surface area contributed by atoms with Crippen molar-refractivity contribution in [3.8, 4) is 22.5 Å². The molecule has 1 saturated heterocycles. The molecule has 4 rings (SSSR count). The van der Waals surface area contributed by atoms with Gasteiger partial charge in [0.2, 0.25) is 0 Å². The second-order valence-electron chi connectivity index (χ2n) is 6.67. The van der Waals surface area contributed by atoms with E-state index in [4.69, 9.17) is 33.0 Å². The molecule has 0 aliphatic carbocycles. The van der Waals surface area contributed by atoms with Gasteiger partial charge in [-0.1, -0.05) is 41.1 Å². The largest absolute Gasteiger partial charge is 0.388 e. The zero-order valence-electron chi connectivity index (χ0n) is 16.0. The van der Waals surface area contributed by atoms with Crippen molar-refractivity contribution >= 4 is 40.6 Å². The van der Waals surface area contributed by atoms with Crippen molar-refractivity contribution in [1.82, 2.24) is 19.6 Å². The number of hydrogen-bond acceptors (Lipinski definition) is 8. The minimum atomic E-state index is -0.655. The number of aliphatic hydroxyl groups excluding tert-OH is 1. The SMILES string of the molecule is COC1(C#Cc2c(Cl)cccc2Cl)CCN(c2ccc(-c3nc(CO)ns3)nn2)C1. The van der Waals surface area contributed by atoms with Crippen LogP contribution in [0.4, 0.5) is 5.82 Å². The smallest absolute Gasteiger partial charge is 0.168 e. The minimum Gasteiger partial charge on any atom is -0.388 e. The highest BCUT2D eigenvalue weighted by atomic mass is 35.5. The summed E-state index contributed by atoms with van der Waals surface area (Å²) in [7, 11) is 1.65. The molecule has 7 nitrogen and oxygen atoms in total. The summed E-state index contributed by atoms with van der Waals surface area (Å²) in [4.78, 5) is 6.28. The van der Waals surface area contributed by atoms with Gasteiger partial charge in [-0.3, -0.25) is 0 Å². The third kappa shape index (κ3) is 4.26. The summed E-state index contributed by atoms with van der Waals surface area (Å²) >= 11 is 13.6. The molecule has 0 saturated carbocycles. The molecule has 1 N–H and O–H groups in total. The van der Waals surface area contributed by atoms with Crippen molar-refractivity contribution in [3.05, 3.63) is 51.8 Å².